The van der Waals surface area contributed by atoms with Crippen LogP contribution in [0.15, 0.2) is 72.8 Å². The molecule has 10 rings (SSSR count). The van der Waals surface area contributed by atoms with Gasteiger partial charge in [0.25, 0.3) is 5.91 Å². The predicted octanol–water partition coefficient (Wildman–Crippen LogP) is 11.0. The monoisotopic (exact) mass is 968 g/mol. The first-order valence-electron chi connectivity index (χ1n) is 23.1. The minimum Gasteiger partial charge on any atom is -0.478 e. The van der Waals surface area contributed by atoms with E-state index in [-0.39, 0.29) is 18.3 Å². The maximum atomic E-state index is 13.5. The maximum absolute atomic E-state index is 13.5. The third-order valence-electron chi connectivity index (χ3n) is 13.2. The lowest BCUT2D eigenvalue weighted by molar-refractivity contribution is 0.0692. The number of likely N-dealkylation sites (tertiary alicyclic amines) is 1. The number of rotatable bonds is 6. The Labute approximate surface area is 413 Å². The molecule has 6 heterocycles. The fraction of sp³-hybridized carbons (Fsp3) is 0.370. The number of carboxylic acids is 1. The molecular formula is C54H57ClN6O5S2. The third kappa shape index (κ3) is 11.7. The van der Waals surface area contributed by atoms with E-state index >= 15 is 0 Å². The molecule has 4 aromatic carbocycles. The van der Waals surface area contributed by atoms with Gasteiger partial charge in [0.1, 0.15) is 10.0 Å². The van der Waals surface area contributed by atoms with E-state index in [1.165, 1.54) is 28.8 Å². The van der Waals surface area contributed by atoms with Crippen molar-refractivity contribution < 1.29 is 24.2 Å². The van der Waals surface area contributed by atoms with Gasteiger partial charge in [0.15, 0.2) is 0 Å². The second kappa shape index (κ2) is 23.0. The molecule has 0 saturated carbocycles. The zero-order chi connectivity index (χ0) is 47.0. The first-order valence-corrected chi connectivity index (χ1v) is 24.7. The van der Waals surface area contributed by atoms with Crippen molar-refractivity contribution in [2.24, 2.45) is 0 Å². The highest BCUT2D eigenvalue weighted by molar-refractivity contribution is 7.15. The summed E-state index contributed by atoms with van der Waals surface area (Å²) in [4.78, 5) is 38.6. The number of hydrogen-bond acceptors (Lipinski definition) is 11. The SMILES string of the molecule is Cc1cc(C)c(-c2nc3c(s2)COCC3)cc1C(=O)N1CCC(c2ccc(C#N)cc2)CC1.Cc1cc(C)c(-c2nc3c(s2)COCC3)cc1C(=O)O.Cl.N#Cc1ccc(C2CCNCC2)cc1. The van der Waals surface area contributed by atoms with Gasteiger partial charge in [-0.15, -0.1) is 35.1 Å². The molecule has 2 aromatic heterocycles. The molecule has 0 bridgehead atoms. The zero-order valence-electron chi connectivity index (χ0n) is 39.0. The van der Waals surface area contributed by atoms with Gasteiger partial charge in [0, 0.05) is 42.6 Å². The van der Waals surface area contributed by atoms with Crippen molar-refractivity contribution in [2.75, 3.05) is 39.4 Å². The number of nitriles is 2. The number of aromatic nitrogens is 2. The molecule has 0 aliphatic carbocycles. The summed E-state index contributed by atoms with van der Waals surface area (Å²) in [5.74, 6) is 0.328. The second-order valence-corrected chi connectivity index (χ2v) is 19.9. The van der Waals surface area contributed by atoms with Gasteiger partial charge in [-0.1, -0.05) is 36.4 Å². The summed E-state index contributed by atoms with van der Waals surface area (Å²) in [6.45, 7) is 14.3. The Balaban J connectivity index is 0.000000166. The van der Waals surface area contributed by atoms with Crippen LogP contribution in [0.2, 0.25) is 0 Å². The summed E-state index contributed by atoms with van der Waals surface area (Å²) in [7, 11) is 0. The molecule has 0 radical (unpaired) electrons. The van der Waals surface area contributed by atoms with Gasteiger partial charge in [-0.3, -0.25) is 4.79 Å². The topological polar surface area (TPSA) is 161 Å². The van der Waals surface area contributed by atoms with Crippen LogP contribution in [0.3, 0.4) is 0 Å². The van der Waals surface area contributed by atoms with Gasteiger partial charge in [0.2, 0.25) is 0 Å². The van der Waals surface area contributed by atoms with Crippen LogP contribution in [-0.4, -0.2) is 71.2 Å². The second-order valence-electron chi connectivity index (χ2n) is 17.7. The molecule has 14 heteroatoms. The van der Waals surface area contributed by atoms with E-state index in [0.29, 0.717) is 42.8 Å². The number of piperidine rings is 2. The van der Waals surface area contributed by atoms with Crippen LogP contribution in [0.5, 0.6) is 0 Å². The van der Waals surface area contributed by atoms with E-state index in [1.807, 2.05) is 62.1 Å². The highest BCUT2D eigenvalue weighted by atomic mass is 35.5. The van der Waals surface area contributed by atoms with Crippen molar-refractivity contribution in [3.63, 3.8) is 0 Å². The van der Waals surface area contributed by atoms with Crippen molar-refractivity contribution in [1.29, 1.82) is 10.5 Å². The number of carboxylic acid groups (broad SMARTS) is 1. The van der Waals surface area contributed by atoms with Gasteiger partial charge in [-0.2, -0.15) is 10.5 Å². The lowest BCUT2D eigenvalue weighted by Gasteiger charge is -2.32. The summed E-state index contributed by atoms with van der Waals surface area (Å²) in [5.41, 5.74) is 13.4. The number of nitrogens with one attached hydrogen (secondary N) is 1. The standard InChI is InChI=1S/C27H27N3O2S.C15H15NO3S.C12H14N2.ClH/c1-17-13-18(2)23(14-22(17)26-29-24-9-12-32-16-25(24)33-26)27(31)30-10-7-21(8-11-30)20-5-3-19(15-28)4-6-20;1-8-5-9(2)11(15(17)18)6-10(8)14-16-12-3-4-19-7-13(12)20-14;13-9-10-1-3-11(4-2-10)12-5-7-14-8-6-12;/h3-6,13-14,21H,7-12,16H2,1-2H3;5-6H,3-4,7H2,1-2H3,(H,17,18);1-4,12,14H,5-8H2;1H. The predicted molar refractivity (Wildman–Crippen MR) is 270 cm³/mol. The van der Waals surface area contributed by atoms with Gasteiger partial charge in [-0.25, -0.2) is 14.8 Å². The fourth-order valence-corrected chi connectivity index (χ4v) is 11.6. The average molecular weight is 970 g/mol. The van der Waals surface area contributed by atoms with E-state index in [2.05, 4.69) is 59.7 Å². The highest BCUT2D eigenvalue weighted by Gasteiger charge is 2.27. The van der Waals surface area contributed by atoms with Crippen LogP contribution >= 0.6 is 35.1 Å². The quantitative estimate of drug-likeness (QED) is 0.164. The van der Waals surface area contributed by atoms with Crippen molar-refractivity contribution in [3.8, 4) is 33.3 Å². The molecule has 2 saturated heterocycles. The lowest BCUT2D eigenvalue weighted by Crippen LogP contribution is -2.38. The summed E-state index contributed by atoms with van der Waals surface area (Å²) in [6, 6.07) is 28.0. The molecule has 6 aromatic rings. The number of halogens is 1. The summed E-state index contributed by atoms with van der Waals surface area (Å²) < 4.78 is 11.0. The molecule has 68 heavy (non-hydrogen) atoms. The summed E-state index contributed by atoms with van der Waals surface area (Å²) in [6.07, 6.45) is 6.00. The minimum absolute atomic E-state index is 0. The van der Waals surface area contributed by atoms with Crippen molar-refractivity contribution in [1.82, 2.24) is 20.2 Å². The molecular weight excluding hydrogens is 912 g/mol. The maximum Gasteiger partial charge on any atom is 0.335 e. The first kappa shape index (κ1) is 50.1. The third-order valence-corrected chi connectivity index (χ3v) is 15.4. The van der Waals surface area contributed by atoms with Crippen molar-refractivity contribution in [2.45, 2.75) is 91.3 Å². The molecule has 4 aliphatic rings. The van der Waals surface area contributed by atoms with Crippen molar-refractivity contribution in [3.05, 3.63) is 150 Å². The largest absolute Gasteiger partial charge is 0.478 e. The normalized spacial score (nSPS) is 15.7. The Morgan fingerprint density at radius 1 is 0.662 bits per heavy atom. The van der Waals surface area contributed by atoms with Gasteiger partial charge < -0.3 is 24.8 Å². The zero-order valence-corrected chi connectivity index (χ0v) is 41.5. The van der Waals surface area contributed by atoms with Crippen molar-refractivity contribution >= 4 is 47.0 Å². The average Bonchev–Trinajstić information content (AvgIpc) is 4.00. The number of carbonyl (C=O) groups is 2. The Morgan fingerprint density at radius 2 is 1.10 bits per heavy atom. The Kier molecular flexibility index (Phi) is 17.0. The number of fused-ring (bicyclic) bond motifs is 2. The fourth-order valence-electron chi connectivity index (χ4n) is 9.31. The smallest absolute Gasteiger partial charge is 0.335 e. The molecule has 0 spiro atoms. The van der Waals surface area contributed by atoms with Crippen LogP contribution in [-0.2, 0) is 35.5 Å². The number of aromatic carboxylic acids is 1. The molecule has 1 amide bonds. The molecule has 0 unspecified atom stereocenters. The number of benzene rings is 4. The molecule has 4 aliphatic heterocycles. The van der Waals surface area contributed by atoms with Crippen LogP contribution in [0.25, 0.3) is 21.1 Å². The molecule has 2 N–H and O–H groups in total. The van der Waals surface area contributed by atoms with Crippen LogP contribution in [0.4, 0.5) is 0 Å². The van der Waals surface area contributed by atoms with Gasteiger partial charge in [0.05, 0.1) is 76.4 Å². The van der Waals surface area contributed by atoms with E-state index in [1.54, 1.807) is 28.7 Å². The van der Waals surface area contributed by atoms with Crippen LogP contribution < -0.4 is 5.32 Å². The van der Waals surface area contributed by atoms with Crippen LogP contribution in [0.1, 0.15) is 124 Å². The molecule has 352 valence electrons. The summed E-state index contributed by atoms with van der Waals surface area (Å²) >= 11 is 3.28. The molecule has 11 nitrogen and oxygen atoms in total. The Bertz CT molecular complexity index is 2780. The lowest BCUT2D eigenvalue weighted by atomic mass is 9.88. The number of nitrogens with zero attached hydrogens (tertiary/aromatic N) is 5. The van der Waals surface area contributed by atoms with E-state index in [9.17, 15) is 14.7 Å². The number of ether oxygens (including phenoxy) is 2. The van der Waals surface area contributed by atoms with Gasteiger partial charge in [-0.05, 0) is 148 Å². The Hall–Kier alpha value is -5.77. The Morgan fingerprint density at radius 3 is 1.54 bits per heavy atom. The van der Waals surface area contributed by atoms with E-state index in [0.717, 1.165) is 129 Å². The van der Waals surface area contributed by atoms with Crippen LogP contribution in [0, 0.1) is 50.4 Å². The number of thiazole rings is 2. The van der Waals surface area contributed by atoms with E-state index in [4.69, 9.17) is 25.0 Å². The number of carbonyl (C=O) groups excluding carboxylic acids is 1. The number of amides is 1. The van der Waals surface area contributed by atoms with Gasteiger partial charge >= 0.3 is 5.97 Å². The van der Waals surface area contributed by atoms with E-state index < -0.39 is 5.97 Å². The highest BCUT2D eigenvalue weighted by Crippen LogP contribution is 2.37. The number of hydrogen-bond donors (Lipinski definition) is 2. The first-order chi connectivity index (χ1) is 32.5. The molecule has 2 fully saturated rings. The minimum atomic E-state index is -0.895. The number of aryl methyl sites for hydroxylation is 4. The summed E-state index contributed by atoms with van der Waals surface area (Å²) in [5, 5.41) is 32.2. The molecule has 0 atom stereocenters.